The summed E-state index contributed by atoms with van der Waals surface area (Å²) in [5.74, 6) is -1.14. The molecule has 0 aliphatic carbocycles. The molecular weight excluding hydrogens is 246 g/mol. The van der Waals surface area contributed by atoms with Gasteiger partial charge in [-0.2, -0.15) is 0 Å². The predicted octanol–water partition coefficient (Wildman–Crippen LogP) is 0.881. The summed E-state index contributed by atoms with van der Waals surface area (Å²) in [6, 6.07) is 4.79. The molecule has 1 rings (SSSR count). The fourth-order valence-corrected chi connectivity index (χ4v) is 1.69. The molecule has 1 amide bonds. The number of likely N-dealkylation sites (N-methyl/N-ethyl adjacent to an activating group) is 2. The number of nitrogens with zero attached hydrogens (tertiary/aromatic N) is 2. The van der Waals surface area contributed by atoms with Crippen molar-refractivity contribution in [2.24, 2.45) is 0 Å². The second-order valence-electron chi connectivity index (χ2n) is 4.35. The van der Waals surface area contributed by atoms with Crippen molar-refractivity contribution in [3.8, 4) is 0 Å². The predicted molar refractivity (Wildman–Crippen MR) is 74.4 cm³/mol. The first-order valence-corrected chi connectivity index (χ1v) is 5.95. The van der Waals surface area contributed by atoms with Gasteiger partial charge in [0.05, 0.1) is 23.5 Å². The molecule has 0 saturated heterocycles. The number of nitrogens with two attached hydrogens (primary N) is 1. The van der Waals surface area contributed by atoms with Crippen LogP contribution in [0, 0.1) is 0 Å². The summed E-state index contributed by atoms with van der Waals surface area (Å²) in [4.78, 5) is 26.0. The van der Waals surface area contributed by atoms with E-state index in [1.54, 1.807) is 31.1 Å². The van der Waals surface area contributed by atoms with Crippen LogP contribution in [0.15, 0.2) is 18.2 Å². The van der Waals surface area contributed by atoms with Crippen LogP contribution < -0.4 is 10.6 Å². The number of hydrogen-bond donors (Lipinski definition) is 2. The molecule has 6 nitrogen and oxygen atoms in total. The van der Waals surface area contributed by atoms with Crippen molar-refractivity contribution >= 4 is 23.3 Å². The van der Waals surface area contributed by atoms with Crippen LogP contribution in [-0.4, -0.2) is 49.1 Å². The van der Waals surface area contributed by atoms with Gasteiger partial charge in [-0.25, -0.2) is 4.79 Å². The summed E-state index contributed by atoms with van der Waals surface area (Å²) in [6.07, 6.45) is 0. The Morgan fingerprint density at radius 3 is 2.42 bits per heavy atom. The first-order valence-electron chi connectivity index (χ1n) is 5.95. The molecule has 1 aromatic rings. The van der Waals surface area contributed by atoms with Crippen molar-refractivity contribution in [3.05, 3.63) is 23.8 Å². The Balaban J connectivity index is 3.09. The highest BCUT2D eigenvalue weighted by Gasteiger charge is 2.17. The number of aromatic carboxylic acids is 1. The normalized spacial score (nSPS) is 10.1. The number of carbonyl (C=O) groups excluding carboxylic acids is 1. The molecule has 6 heteroatoms. The van der Waals surface area contributed by atoms with E-state index < -0.39 is 5.97 Å². The number of carbonyl (C=O) groups is 2. The third-order valence-electron chi connectivity index (χ3n) is 2.86. The molecule has 0 aliphatic heterocycles. The van der Waals surface area contributed by atoms with E-state index in [9.17, 15) is 9.59 Å². The molecule has 0 spiro atoms. The highest BCUT2D eigenvalue weighted by molar-refractivity contribution is 5.97. The summed E-state index contributed by atoms with van der Waals surface area (Å²) in [5.41, 5.74) is 6.67. The molecule has 0 radical (unpaired) electrons. The topological polar surface area (TPSA) is 86.9 Å². The van der Waals surface area contributed by atoms with E-state index in [-0.39, 0.29) is 23.7 Å². The summed E-state index contributed by atoms with van der Waals surface area (Å²) in [5, 5.41) is 9.04. The zero-order valence-electron chi connectivity index (χ0n) is 11.4. The van der Waals surface area contributed by atoms with Gasteiger partial charge < -0.3 is 20.6 Å². The molecule has 0 heterocycles. The van der Waals surface area contributed by atoms with Gasteiger partial charge in [-0.3, -0.25) is 4.79 Å². The minimum absolute atomic E-state index is 0.0493. The Bertz CT molecular complexity index is 486. The largest absolute Gasteiger partial charge is 0.478 e. The first-order chi connectivity index (χ1) is 8.88. The summed E-state index contributed by atoms with van der Waals surface area (Å²) >= 11 is 0. The molecule has 0 aromatic heterocycles. The second-order valence-corrected chi connectivity index (χ2v) is 4.35. The fraction of sp³-hybridized carbons (Fsp3) is 0.385. The van der Waals surface area contributed by atoms with Gasteiger partial charge >= 0.3 is 5.97 Å². The zero-order valence-corrected chi connectivity index (χ0v) is 11.4. The van der Waals surface area contributed by atoms with Crippen LogP contribution in [0.25, 0.3) is 0 Å². The van der Waals surface area contributed by atoms with E-state index in [0.29, 0.717) is 12.2 Å². The number of hydrogen-bond acceptors (Lipinski definition) is 4. The Morgan fingerprint density at radius 2 is 1.95 bits per heavy atom. The van der Waals surface area contributed by atoms with Gasteiger partial charge in [0, 0.05) is 20.6 Å². The summed E-state index contributed by atoms with van der Waals surface area (Å²) in [6.45, 7) is 2.61. The van der Waals surface area contributed by atoms with E-state index in [1.807, 2.05) is 6.92 Å². The van der Waals surface area contributed by atoms with Crippen LogP contribution in [0.1, 0.15) is 17.3 Å². The number of nitrogen functional groups attached to an aromatic ring is 1. The number of carboxylic acid groups (broad SMARTS) is 1. The zero-order chi connectivity index (χ0) is 14.6. The number of benzene rings is 1. The fourth-order valence-electron chi connectivity index (χ4n) is 1.69. The molecular formula is C13H19N3O3. The Kier molecular flexibility index (Phi) is 4.74. The standard InChI is InChI=1S/C13H19N3O3/c1-4-16(8-11(17)15(2)3)10-7-5-6-9(12(10)14)13(18)19/h5-7H,4,8,14H2,1-3H3,(H,18,19). The molecule has 1 aromatic carbocycles. The molecule has 3 N–H and O–H groups in total. The minimum Gasteiger partial charge on any atom is -0.478 e. The molecule has 0 bridgehead atoms. The van der Waals surface area contributed by atoms with Crippen molar-refractivity contribution in [2.75, 3.05) is 37.8 Å². The molecule has 0 atom stereocenters. The Morgan fingerprint density at radius 1 is 1.32 bits per heavy atom. The van der Waals surface area contributed by atoms with E-state index in [2.05, 4.69) is 0 Å². The lowest BCUT2D eigenvalue weighted by Crippen LogP contribution is -2.37. The number of amides is 1. The average molecular weight is 265 g/mol. The van der Waals surface area contributed by atoms with Crippen molar-refractivity contribution in [3.63, 3.8) is 0 Å². The smallest absolute Gasteiger partial charge is 0.337 e. The molecule has 0 aliphatic rings. The summed E-state index contributed by atoms with van der Waals surface area (Å²) in [7, 11) is 3.35. The lowest BCUT2D eigenvalue weighted by atomic mass is 10.1. The van der Waals surface area contributed by atoms with Gasteiger partial charge in [-0.05, 0) is 19.1 Å². The monoisotopic (exact) mass is 265 g/mol. The van der Waals surface area contributed by atoms with Crippen molar-refractivity contribution in [2.45, 2.75) is 6.92 Å². The van der Waals surface area contributed by atoms with Gasteiger partial charge in [0.2, 0.25) is 5.91 Å². The van der Waals surface area contributed by atoms with Crippen LogP contribution in [0.2, 0.25) is 0 Å². The van der Waals surface area contributed by atoms with Crippen LogP contribution in [0.5, 0.6) is 0 Å². The maximum Gasteiger partial charge on any atom is 0.337 e. The van der Waals surface area contributed by atoms with Gasteiger partial charge in [-0.15, -0.1) is 0 Å². The highest BCUT2D eigenvalue weighted by Crippen LogP contribution is 2.26. The molecule has 0 unspecified atom stereocenters. The Labute approximate surface area is 112 Å². The minimum atomic E-state index is -1.07. The maximum absolute atomic E-state index is 11.7. The molecule has 104 valence electrons. The Hall–Kier alpha value is -2.24. The van der Waals surface area contributed by atoms with Crippen LogP contribution in [0.3, 0.4) is 0 Å². The van der Waals surface area contributed by atoms with E-state index >= 15 is 0 Å². The molecule has 0 saturated carbocycles. The van der Waals surface area contributed by atoms with Gasteiger partial charge in [0.1, 0.15) is 0 Å². The third kappa shape index (κ3) is 3.37. The van der Waals surface area contributed by atoms with Crippen LogP contribution >= 0.6 is 0 Å². The van der Waals surface area contributed by atoms with Crippen LogP contribution in [-0.2, 0) is 4.79 Å². The van der Waals surface area contributed by atoms with Gasteiger partial charge in [0.25, 0.3) is 0 Å². The van der Waals surface area contributed by atoms with Crippen molar-refractivity contribution < 1.29 is 14.7 Å². The van der Waals surface area contributed by atoms with Crippen LogP contribution in [0.4, 0.5) is 11.4 Å². The van der Waals surface area contributed by atoms with E-state index in [0.717, 1.165) is 0 Å². The maximum atomic E-state index is 11.7. The lowest BCUT2D eigenvalue weighted by Gasteiger charge is -2.26. The lowest BCUT2D eigenvalue weighted by molar-refractivity contribution is -0.127. The SMILES string of the molecule is CCN(CC(=O)N(C)C)c1cccc(C(=O)O)c1N. The number of anilines is 2. The summed E-state index contributed by atoms with van der Waals surface area (Å²) < 4.78 is 0. The number of rotatable bonds is 5. The molecule has 0 fully saturated rings. The number of carboxylic acids is 1. The van der Waals surface area contributed by atoms with Gasteiger partial charge in [0.15, 0.2) is 0 Å². The highest BCUT2D eigenvalue weighted by atomic mass is 16.4. The van der Waals surface area contributed by atoms with E-state index in [4.69, 9.17) is 10.8 Å². The molecule has 19 heavy (non-hydrogen) atoms. The average Bonchev–Trinajstić information content (AvgIpc) is 2.35. The number of para-hydroxylation sites is 1. The van der Waals surface area contributed by atoms with E-state index in [1.165, 1.54) is 11.0 Å². The second kappa shape index (κ2) is 6.08. The van der Waals surface area contributed by atoms with Gasteiger partial charge in [-0.1, -0.05) is 6.07 Å². The quantitative estimate of drug-likeness (QED) is 0.772. The van der Waals surface area contributed by atoms with Crippen molar-refractivity contribution in [1.82, 2.24) is 4.90 Å². The first kappa shape index (κ1) is 14.8. The van der Waals surface area contributed by atoms with Crippen molar-refractivity contribution in [1.29, 1.82) is 0 Å². The third-order valence-corrected chi connectivity index (χ3v) is 2.86.